The summed E-state index contributed by atoms with van der Waals surface area (Å²) in [7, 11) is 0. The van der Waals surface area contributed by atoms with E-state index in [1.165, 1.54) is 6.07 Å². The normalized spacial score (nSPS) is 11.2. The second-order valence-corrected chi connectivity index (χ2v) is 7.01. The Kier molecular flexibility index (Phi) is 4.53. The van der Waals surface area contributed by atoms with Crippen LogP contribution in [0.15, 0.2) is 64.0 Å². The SMILES string of the molecule is O=c1ccc(Cc2cc(Cc3cc(Cl)cc(Cl)c3)c3occc3c2)n[nH]1. The molecule has 0 saturated carbocycles. The van der Waals surface area contributed by atoms with Gasteiger partial charge in [0.1, 0.15) is 5.58 Å². The largest absolute Gasteiger partial charge is 0.464 e. The van der Waals surface area contributed by atoms with Crippen LogP contribution in [0.4, 0.5) is 0 Å². The lowest BCUT2D eigenvalue weighted by atomic mass is 9.98. The van der Waals surface area contributed by atoms with E-state index in [-0.39, 0.29) is 5.56 Å². The van der Waals surface area contributed by atoms with Gasteiger partial charge in [-0.15, -0.1) is 0 Å². The first-order valence-corrected chi connectivity index (χ1v) is 8.81. The predicted octanol–water partition coefficient (Wildman–Crippen LogP) is 5.00. The third-order valence-corrected chi connectivity index (χ3v) is 4.56. The Morgan fingerprint density at radius 2 is 1.69 bits per heavy atom. The van der Waals surface area contributed by atoms with Gasteiger partial charge in [-0.25, -0.2) is 5.10 Å². The van der Waals surface area contributed by atoms with E-state index >= 15 is 0 Å². The molecule has 0 aliphatic heterocycles. The number of halogens is 2. The molecule has 0 fully saturated rings. The van der Waals surface area contributed by atoms with Gasteiger partial charge in [-0.1, -0.05) is 29.3 Å². The van der Waals surface area contributed by atoms with Gasteiger partial charge in [0.25, 0.3) is 5.56 Å². The molecular weight excluding hydrogens is 371 g/mol. The number of H-pyrrole nitrogens is 1. The van der Waals surface area contributed by atoms with E-state index in [0.717, 1.165) is 33.4 Å². The number of furan rings is 1. The maximum Gasteiger partial charge on any atom is 0.264 e. The molecule has 26 heavy (non-hydrogen) atoms. The fourth-order valence-corrected chi connectivity index (χ4v) is 3.64. The van der Waals surface area contributed by atoms with Gasteiger partial charge in [0, 0.05) is 39.9 Å². The molecule has 0 bridgehead atoms. The monoisotopic (exact) mass is 384 g/mol. The molecule has 0 saturated heterocycles. The third-order valence-electron chi connectivity index (χ3n) is 4.13. The Morgan fingerprint density at radius 3 is 2.42 bits per heavy atom. The number of aromatic nitrogens is 2. The van der Waals surface area contributed by atoms with E-state index in [0.29, 0.717) is 22.9 Å². The summed E-state index contributed by atoms with van der Waals surface area (Å²) >= 11 is 12.2. The number of fused-ring (bicyclic) bond motifs is 1. The molecule has 0 spiro atoms. The molecule has 0 amide bonds. The molecule has 0 unspecified atom stereocenters. The second kappa shape index (κ2) is 6.98. The molecule has 1 N–H and O–H groups in total. The summed E-state index contributed by atoms with van der Waals surface area (Å²) in [5, 5.41) is 8.79. The van der Waals surface area contributed by atoms with Crippen LogP contribution in [0.3, 0.4) is 0 Å². The van der Waals surface area contributed by atoms with Gasteiger partial charge >= 0.3 is 0 Å². The van der Waals surface area contributed by atoms with Crippen molar-refractivity contribution in [1.82, 2.24) is 10.2 Å². The highest BCUT2D eigenvalue weighted by Gasteiger charge is 2.10. The van der Waals surface area contributed by atoms with Gasteiger partial charge in [-0.05, 0) is 47.5 Å². The lowest BCUT2D eigenvalue weighted by Crippen LogP contribution is -2.07. The number of nitrogens with zero attached hydrogens (tertiary/aromatic N) is 1. The van der Waals surface area contributed by atoms with Crippen LogP contribution in [-0.4, -0.2) is 10.2 Å². The Labute approximate surface area is 159 Å². The van der Waals surface area contributed by atoms with E-state index in [4.69, 9.17) is 27.6 Å². The number of hydrogen-bond acceptors (Lipinski definition) is 3. The van der Waals surface area contributed by atoms with E-state index < -0.39 is 0 Å². The van der Waals surface area contributed by atoms with Crippen LogP contribution in [-0.2, 0) is 12.8 Å². The van der Waals surface area contributed by atoms with Crippen LogP contribution in [0, 0.1) is 0 Å². The number of nitrogens with one attached hydrogen (secondary N) is 1. The van der Waals surface area contributed by atoms with Crippen molar-refractivity contribution < 1.29 is 4.42 Å². The summed E-state index contributed by atoms with van der Waals surface area (Å²) < 4.78 is 5.67. The van der Waals surface area contributed by atoms with Gasteiger partial charge in [0.05, 0.1) is 12.0 Å². The highest BCUT2D eigenvalue weighted by Crippen LogP contribution is 2.27. The fourth-order valence-electron chi connectivity index (χ4n) is 3.07. The quantitative estimate of drug-likeness (QED) is 0.538. The fraction of sp³-hybridized carbons (Fsp3) is 0.100. The summed E-state index contributed by atoms with van der Waals surface area (Å²) in [5.41, 5.74) is 4.58. The lowest BCUT2D eigenvalue weighted by Gasteiger charge is -2.08. The molecule has 4 nitrogen and oxygen atoms in total. The van der Waals surface area contributed by atoms with Crippen molar-refractivity contribution in [1.29, 1.82) is 0 Å². The zero-order valence-corrected chi connectivity index (χ0v) is 15.1. The third kappa shape index (κ3) is 3.66. The van der Waals surface area contributed by atoms with E-state index in [1.807, 2.05) is 18.2 Å². The molecular formula is C20H14Cl2N2O2. The summed E-state index contributed by atoms with van der Waals surface area (Å²) in [4.78, 5) is 11.2. The molecule has 0 aliphatic carbocycles. The van der Waals surface area contributed by atoms with Crippen LogP contribution in [0.1, 0.15) is 22.4 Å². The van der Waals surface area contributed by atoms with Gasteiger partial charge in [-0.2, -0.15) is 5.10 Å². The summed E-state index contributed by atoms with van der Waals surface area (Å²) in [6, 6.07) is 14.8. The van der Waals surface area contributed by atoms with Crippen LogP contribution in [0.2, 0.25) is 10.0 Å². The van der Waals surface area contributed by atoms with Crippen LogP contribution in [0.25, 0.3) is 11.0 Å². The smallest absolute Gasteiger partial charge is 0.264 e. The van der Waals surface area contributed by atoms with Crippen molar-refractivity contribution in [2.75, 3.05) is 0 Å². The number of benzene rings is 2. The lowest BCUT2D eigenvalue weighted by molar-refractivity contribution is 0.612. The Hall–Kier alpha value is -2.56. The van der Waals surface area contributed by atoms with E-state index in [2.05, 4.69) is 22.3 Å². The summed E-state index contributed by atoms with van der Waals surface area (Å²) in [6.07, 6.45) is 2.94. The molecule has 6 heteroatoms. The maximum atomic E-state index is 11.2. The molecule has 2 heterocycles. The zero-order chi connectivity index (χ0) is 18.1. The topological polar surface area (TPSA) is 58.9 Å². The summed E-state index contributed by atoms with van der Waals surface area (Å²) in [6.45, 7) is 0. The molecule has 0 atom stereocenters. The zero-order valence-electron chi connectivity index (χ0n) is 13.6. The van der Waals surface area contributed by atoms with E-state index in [1.54, 1.807) is 18.4 Å². The van der Waals surface area contributed by atoms with Crippen molar-refractivity contribution in [3.63, 3.8) is 0 Å². The minimum atomic E-state index is -0.211. The average Bonchev–Trinajstić information content (AvgIpc) is 3.05. The molecule has 0 aliphatic rings. The highest BCUT2D eigenvalue weighted by atomic mass is 35.5. The molecule has 2 aromatic carbocycles. The Balaban J connectivity index is 1.72. The summed E-state index contributed by atoms with van der Waals surface area (Å²) in [5.74, 6) is 0. The Morgan fingerprint density at radius 1 is 0.923 bits per heavy atom. The van der Waals surface area contributed by atoms with Crippen molar-refractivity contribution in [3.05, 3.63) is 97.6 Å². The molecule has 130 valence electrons. The van der Waals surface area contributed by atoms with Crippen molar-refractivity contribution in [2.45, 2.75) is 12.8 Å². The first-order valence-electron chi connectivity index (χ1n) is 8.05. The standard InChI is InChI=1S/C20H14Cl2N2O2/c21-16-8-13(9-17(22)11-16)7-15-6-12(5-14-3-4-26-20(14)15)10-18-1-2-19(25)24-23-18/h1-6,8-9,11H,7,10H2,(H,24,25). The van der Waals surface area contributed by atoms with Gasteiger partial charge in [-0.3, -0.25) is 4.79 Å². The molecule has 2 aromatic heterocycles. The van der Waals surface area contributed by atoms with Crippen molar-refractivity contribution >= 4 is 34.2 Å². The minimum absolute atomic E-state index is 0.211. The second-order valence-electron chi connectivity index (χ2n) is 6.14. The van der Waals surface area contributed by atoms with Crippen molar-refractivity contribution in [3.8, 4) is 0 Å². The molecule has 4 aromatic rings. The first kappa shape index (κ1) is 16.9. The minimum Gasteiger partial charge on any atom is -0.464 e. The molecule has 4 rings (SSSR count). The first-order chi connectivity index (χ1) is 12.6. The maximum absolute atomic E-state index is 11.2. The average molecular weight is 385 g/mol. The van der Waals surface area contributed by atoms with Gasteiger partial charge < -0.3 is 4.42 Å². The van der Waals surface area contributed by atoms with Gasteiger partial charge in [0.15, 0.2) is 0 Å². The van der Waals surface area contributed by atoms with Crippen LogP contribution < -0.4 is 5.56 Å². The number of rotatable bonds is 4. The van der Waals surface area contributed by atoms with Crippen molar-refractivity contribution in [2.24, 2.45) is 0 Å². The van der Waals surface area contributed by atoms with Gasteiger partial charge in [0.2, 0.25) is 0 Å². The highest BCUT2D eigenvalue weighted by molar-refractivity contribution is 6.34. The molecule has 0 radical (unpaired) electrons. The van der Waals surface area contributed by atoms with Crippen LogP contribution in [0.5, 0.6) is 0 Å². The predicted molar refractivity (Wildman–Crippen MR) is 103 cm³/mol. The van der Waals surface area contributed by atoms with Crippen LogP contribution >= 0.6 is 23.2 Å². The van der Waals surface area contributed by atoms with E-state index in [9.17, 15) is 4.79 Å². The number of aromatic amines is 1. The Bertz CT molecular complexity index is 1110. The number of hydrogen-bond donors (Lipinski definition) is 1.